The summed E-state index contributed by atoms with van der Waals surface area (Å²) in [6.45, 7) is 0. The second kappa shape index (κ2) is 8.49. The molecule has 2 rings (SSSR count). The van der Waals surface area contributed by atoms with Gasteiger partial charge in [0.25, 0.3) is 11.8 Å². The minimum atomic E-state index is -0.605. The van der Waals surface area contributed by atoms with Gasteiger partial charge in [0, 0.05) is 23.3 Å². The second-order valence-corrected chi connectivity index (χ2v) is 4.90. The number of carbonyl (C=O) groups is 2. The molecule has 0 saturated carbocycles. The van der Waals surface area contributed by atoms with Crippen molar-refractivity contribution in [2.75, 3.05) is 14.2 Å². The average molecular weight is 344 g/mol. The SMILES string of the molecule is COc1cc(OC)cc(C(=O)NNC(=O)/C=C/c2ccccc2F)c1. The molecule has 0 atom stereocenters. The average Bonchev–Trinajstić information content (AvgIpc) is 2.64. The van der Waals surface area contributed by atoms with E-state index in [1.165, 1.54) is 44.6 Å². The highest BCUT2D eigenvalue weighted by molar-refractivity contribution is 5.98. The minimum absolute atomic E-state index is 0.245. The lowest BCUT2D eigenvalue weighted by Crippen LogP contribution is -2.40. The first-order valence-corrected chi connectivity index (χ1v) is 7.29. The van der Waals surface area contributed by atoms with Crippen LogP contribution in [0.15, 0.2) is 48.5 Å². The van der Waals surface area contributed by atoms with E-state index in [1.54, 1.807) is 18.2 Å². The Balaban J connectivity index is 1.97. The van der Waals surface area contributed by atoms with Gasteiger partial charge in [0.15, 0.2) is 0 Å². The van der Waals surface area contributed by atoms with Crippen molar-refractivity contribution in [3.05, 3.63) is 65.5 Å². The molecule has 0 heterocycles. The summed E-state index contributed by atoms with van der Waals surface area (Å²) in [5.41, 5.74) is 4.98. The summed E-state index contributed by atoms with van der Waals surface area (Å²) in [6, 6.07) is 10.6. The predicted molar refractivity (Wildman–Crippen MR) is 90.6 cm³/mol. The van der Waals surface area contributed by atoms with Crippen LogP contribution in [0.4, 0.5) is 4.39 Å². The van der Waals surface area contributed by atoms with Gasteiger partial charge in [-0.25, -0.2) is 4.39 Å². The van der Waals surface area contributed by atoms with Crippen molar-refractivity contribution in [1.29, 1.82) is 0 Å². The number of hydrogen-bond acceptors (Lipinski definition) is 4. The van der Waals surface area contributed by atoms with Gasteiger partial charge in [0.1, 0.15) is 17.3 Å². The number of halogens is 1. The van der Waals surface area contributed by atoms with E-state index in [4.69, 9.17) is 9.47 Å². The summed E-state index contributed by atoms with van der Waals surface area (Å²) < 4.78 is 23.6. The molecule has 2 aromatic carbocycles. The van der Waals surface area contributed by atoms with E-state index < -0.39 is 17.6 Å². The van der Waals surface area contributed by atoms with Crippen molar-refractivity contribution in [2.24, 2.45) is 0 Å². The van der Waals surface area contributed by atoms with Gasteiger partial charge in [0.2, 0.25) is 0 Å². The lowest BCUT2D eigenvalue weighted by atomic mass is 10.2. The van der Waals surface area contributed by atoms with E-state index in [2.05, 4.69) is 10.9 Å². The molecule has 2 aromatic rings. The van der Waals surface area contributed by atoms with Gasteiger partial charge in [-0.2, -0.15) is 0 Å². The molecule has 6 nitrogen and oxygen atoms in total. The third-order valence-corrected chi connectivity index (χ3v) is 3.23. The number of methoxy groups -OCH3 is 2. The summed E-state index contributed by atoms with van der Waals surface area (Å²) in [7, 11) is 2.93. The van der Waals surface area contributed by atoms with Crippen LogP contribution in [-0.2, 0) is 4.79 Å². The maximum Gasteiger partial charge on any atom is 0.269 e. The Morgan fingerprint density at radius 1 is 1.00 bits per heavy atom. The van der Waals surface area contributed by atoms with Gasteiger partial charge < -0.3 is 9.47 Å². The van der Waals surface area contributed by atoms with Crippen LogP contribution in [0.1, 0.15) is 15.9 Å². The lowest BCUT2D eigenvalue weighted by molar-refractivity contribution is -0.117. The topological polar surface area (TPSA) is 76.7 Å². The molecular formula is C18H17FN2O4. The fourth-order valence-electron chi connectivity index (χ4n) is 1.95. The van der Waals surface area contributed by atoms with Crippen molar-refractivity contribution in [1.82, 2.24) is 10.9 Å². The van der Waals surface area contributed by atoms with Gasteiger partial charge in [-0.15, -0.1) is 0 Å². The molecule has 0 radical (unpaired) electrons. The van der Waals surface area contributed by atoms with Gasteiger partial charge in [-0.3, -0.25) is 20.4 Å². The van der Waals surface area contributed by atoms with Crippen molar-refractivity contribution in [2.45, 2.75) is 0 Å². The van der Waals surface area contributed by atoms with Gasteiger partial charge >= 0.3 is 0 Å². The molecule has 25 heavy (non-hydrogen) atoms. The number of amides is 2. The number of ether oxygens (including phenoxy) is 2. The smallest absolute Gasteiger partial charge is 0.269 e. The maximum atomic E-state index is 13.4. The predicted octanol–water partition coefficient (Wildman–Crippen LogP) is 2.32. The minimum Gasteiger partial charge on any atom is -0.497 e. The van der Waals surface area contributed by atoms with Crippen LogP contribution < -0.4 is 20.3 Å². The molecule has 0 aliphatic heterocycles. The third kappa shape index (κ3) is 5.07. The number of rotatable bonds is 5. The molecule has 0 fully saturated rings. The molecule has 2 amide bonds. The zero-order valence-corrected chi connectivity index (χ0v) is 13.7. The molecule has 0 aliphatic carbocycles. The molecule has 130 valence electrons. The Hall–Kier alpha value is -3.35. The van der Waals surface area contributed by atoms with Crippen LogP contribution in [0.5, 0.6) is 11.5 Å². The van der Waals surface area contributed by atoms with E-state index in [1.807, 2.05) is 0 Å². The van der Waals surface area contributed by atoms with Crippen LogP contribution in [0.2, 0.25) is 0 Å². The zero-order valence-electron chi connectivity index (χ0n) is 13.7. The highest BCUT2D eigenvalue weighted by atomic mass is 19.1. The van der Waals surface area contributed by atoms with Gasteiger partial charge in [-0.1, -0.05) is 18.2 Å². The molecule has 2 N–H and O–H groups in total. The molecular weight excluding hydrogens is 327 g/mol. The van der Waals surface area contributed by atoms with Crippen LogP contribution in [-0.4, -0.2) is 26.0 Å². The second-order valence-electron chi connectivity index (χ2n) is 4.90. The summed E-state index contributed by atoms with van der Waals surface area (Å²) >= 11 is 0. The number of hydrazine groups is 1. The van der Waals surface area contributed by atoms with E-state index in [-0.39, 0.29) is 11.1 Å². The largest absolute Gasteiger partial charge is 0.497 e. The molecule has 0 spiro atoms. The Labute approximate surface area is 144 Å². The van der Waals surface area contributed by atoms with Crippen molar-refractivity contribution >= 4 is 17.9 Å². The lowest BCUT2D eigenvalue weighted by Gasteiger charge is -2.09. The highest BCUT2D eigenvalue weighted by Gasteiger charge is 2.10. The molecule has 0 saturated heterocycles. The Morgan fingerprint density at radius 3 is 2.24 bits per heavy atom. The first-order chi connectivity index (χ1) is 12.0. The zero-order chi connectivity index (χ0) is 18.2. The number of hydrogen-bond donors (Lipinski definition) is 2. The molecule has 0 bridgehead atoms. The fourth-order valence-corrected chi connectivity index (χ4v) is 1.95. The monoisotopic (exact) mass is 344 g/mol. The molecule has 0 unspecified atom stereocenters. The number of carbonyl (C=O) groups excluding carboxylic acids is 2. The first-order valence-electron chi connectivity index (χ1n) is 7.29. The van der Waals surface area contributed by atoms with Crippen molar-refractivity contribution in [3.8, 4) is 11.5 Å². The fraction of sp³-hybridized carbons (Fsp3) is 0.111. The summed E-state index contributed by atoms with van der Waals surface area (Å²) in [4.78, 5) is 23.8. The van der Waals surface area contributed by atoms with E-state index in [9.17, 15) is 14.0 Å². The van der Waals surface area contributed by atoms with Crippen LogP contribution >= 0.6 is 0 Å². The summed E-state index contributed by atoms with van der Waals surface area (Å²) in [5, 5.41) is 0. The Bertz CT molecular complexity index is 783. The van der Waals surface area contributed by atoms with E-state index in [0.717, 1.165) is 6.08 Å². The van der Waals surface area contributed by atoms with Crippen molar-refractivity contribution < 1.29 is 23.5 Å². The van der Waals surface area contributed by atoms with Gasteiger partial charge in [-0.05, 0) is 24.3 Å². The van der Waals surface area contributed by atoms with Gasteiger partial charge in [0.05, 0.1) is 14.2 Å². The van der Waals surface area contributed by atoms with Crippen molar-refractivity contribution in [3.63, 3.8) is 0 Å². The molecule has 0 aliphatic rings. The van der Waals surface area contributed by atoms with Crippen LogP contribution in [0, 0.1) is 5.82 Å². The van der Waals surface area contributed by atoms with Crippen LogP contribution in [0.3, 0.4) is 0 Å². The Morgan fingerprint density at radius 2 is 1.64 bits per heavy atom. The van der Waals surface area contributed by atoms with Crippen LogP contribution in [0.25, 0.3) is 6.08 Å². The molecule has 7 heteroatoms. The standard InChI is InChI=1S/C18H17FN2O4/c1-24-14-9-13(10-15(11-14)25-2)18(23)21-20-17(22)8-7-12-5-3-4-6-16(12)19/h3-11H,1-2H3,(H,20,22)(H,21,23)/b8-7+. The summed E-state index contributed by atoms with van der Waals surface area (Å²) in [6.07, 6.45) is 2.43. The van der Waals surface area contributed by atoms with E-state index in [0.29, 0.717) is 11.5 Å². The summed E-state index contributed by atoms with van der Waals surface area (Å²) in [5.74, 6) is -0.721. The number of nitrogens with one attached hydrogen (secondary N) is 2. The third-order valence-electron chi connectivity index (χ3n) is 3.23. The Kier molecular flexibility index (Phi) is 6.11. The van der Waals surface area contributed by atoms with E-state index >= 15 is 0 Å². The quantitative estimate of drug-likeness (QED) is 0.645. The maximum absolute atomic E-state index is 13.4. The molecule has 0 aromatic heterocycles. The highest BCUT2D eigenvalue weighted by Crippen LogP contribution is 2.22. The normalized spacial score (nSPS) is 10.4. The number of benzene rings is 2. The first kappa shape index (κ1) is 18.0.